The molecule has 16 heavy (non-hydrogen) atoms. The number of ether oxygens (including phenoxy) is 1. The third-order valence-electron chi connectivity index (χ3n) is 3.44. The molecule has 2 rings (SSSR count). The smallest absolute Gasteiger partial charge is 0.125 e. The van der Waals surface area contributed by atoms with Crippen LogP contribution in [0.15, 0.2) is 35.9 Å². The SMILES string of the molecule is COC(=C1CCC(C)CC1)c1ccccc1. The van der Waals surface area contributed by atoms with Crippen LogP contribution in [-0.2, 0) is 4.74 Å². The van der Waals surface area contributed by atoms with E-state index in [9.17, 15) is 0 Å². The maximum atomic E-state index is 5.59. The first-order valence-electron chi connectivity index (χ1n) is 6.12. The zero-order valence-electron chi connectivity index (χ0n) is 10.2. The zero-order chi connectivity index (χ0) is 11.4. The highest BCUT2D eigenvalue weighted by molar-refractivity contribution is 5.63. The van der Waals surface area contributed by atoms with Gasteiger partial charge in [-0.2, -0.15) is 0 Å². The van der Waals surface area contributed by atoms with Crippen molar-refractivity contribution in [2.75, 3.05) is 7.11 Å². The Hall–Kier alpha value is -1.24. The Bertz CT molecular complexity index is 354. The van der Waals surface area contributed by atoms with Crippen molar-refractivity contribution in [3.63, 3.8) is 0 Å². The molecule has 0 bridgehead atoms. The van der Waals surface area contributed by atoms with Crippen LogP contribution in [0.5, 0.6) is 0 Å². The molecule has 1 fully saturated rings. The van der Waals surface area contributed by atoms with E-state index < -0.39 is 0 Å². The van der Waals surface area contributed by atoms with E-state index in [1.54, 1.807) is 7.11 Å². The molecule has 0 atom stereocenters. The Balaban J connectivity index is 2.25. The molecular weight excluding hydrogens is 196 g/mol. The second-order valence-electron chi connectivity index (χ2n) is 4.69. The summed E-state index contributed by atoms with van der Waals surface area (Å²) < 4.78 is 5.59. The quantitative estimate of drug-likeness (QED) is 0.671. The van der Waals surface area contributed by atoms with Crippen molar-refractivity contribution in [2.24, 2.45) is 5.92 Å². The number of rotatable bonds is 2. The van der Waals surface area contributed by atoms with Crippen molar-refractivity contribution in [1.29, 1.82) is 0 Å². The van der Waals surface area contributed by atoms with Crippen LogP contribution in [0.25, 0.3) is 5.76 Å². The van der Waals surface area contributed by atoms with Crippen molar-refractivity contribution in [2.45, 2.75) is 32.6 Å². The number of hydrogen-bond donors (Lipinski definition) is 0. The van der Waals surface area contributed by atoms with Crippen LogP contribution < -0.4 is 0 Å². The predicted molar refractivity (Wildman–Crippen MR) is 68.0 cm³/mol. The fraction of sp³-hybridized carbons (Fsp3) is 0.467. The average Bonchev–Trinajstić information content (AvgIpc) is 2.34. The van der Waals surface area contributed by atoms with Crippen molar-refractivity contribution in [1.82, 2.24) is 0 Å². The highest BCUT2D eigenvalue weighted by Gasteiger charge is 2.17. The van der Waals surface area contributed by atoms with Crippen LogP contribution in [0.4, 0.5) is 0 Å². The van der Waals surface area contributed by atoms with E-state index in [1.165, 1.54) is 36.8 Å². The predicted octanol–water partition coefficient (Wildman–Crippen LogP) is 4.25. The molecule has 1 aliphatic carbocycles. The van der Waals surface area contributed by atoms with Gasteiger partial charge in [0.2, 0.25) is 0 Å². The number of methoxy groups -OCH3 is 1. The molecule has 86 valence electrons. The topological polar surface area (TPSA) is 9.23 Å². The van der Waals surface area contributed by atoms with Gasteiger partial charge in [0.25, 0.3) is 0 Å². The monoisotopic (exact) mass is 216 g/mol. The van der Waals surface area contributed by atoms with Crippen molar-refractivity contribution in [3.05, 3.63) is 41.5 Å². The van der Waals surface area contributed by atoms with Gasteiger partial charge in [-0.15, -0.1) is 0 Å². The van der Waals surface area contributed by atoms with Gasteiger partial charge in [-0.05, 0) is 37.2 Å². The summed E-state index contributed by atoms with van der Waals surface area (Å²) in [6.45, 7) is 2.34. The minimum Gasteiger partial charge on any atom is -0.496 e. The maximum absolute atomic E-state index is 5.59. The van der Waals surface area contributed by atoms with Crippen LogP contribution in [0.1, 0.15) is 38.2 Å². The molecule has 0 aliphatic heterocycles. The molecule has 1 nitrogen and oxygen atoms in total. The van der Waals surface area contributed by atoms with E-state index in [1.807, 2.05) is 6.07 Å². The average molecular weight is 216 g/mol. The molecule has 1 heteroatoms. The number of hydrogen-bond acceptors (Lipinski definition) is 1. The Morgan fingerprint density at radius 1 is 1.12 bits per heavy atom. The van der Waals surface area contributed by atoms with Crippen molar-refractivity contribution in [3.8, 4) is 0 Å². The molecule has 0 amide bonds. The summed E-state index contributed by atoms with van der Waals surface area (Å²) >= 11 is 0. The minimum absolute atomic E-state index is 0.873. The molecule has 0 heterocycles. The molecule has 1 aliphatic rings. The second-order valence-corrected chi connectivity index (χ2v) is 4.69. The summed E-state index contributed by atoms with van der Waals surface area (Å²) in [4.78, 5) is 0. The van der Waals surface area contributed by atoms with Crippen LogP contribution in [0.2, 0.25) is 0 Å². The largest absolute Gasteiger partial charge is 0.496 e. The fourth-order valence-corrected chi connectivity index (χ4v) is 2.39. The Labute approximate surface area is 98.1 Å². The van der Waals surface area contributed by atoms with Crippen LogP contribution in [0, 0.1) is 5.92 Å². The summed E-state index contributed by atoms with van der Waals surface area (Å²) in [6, 6.07) is 10.4. The van der Waals surface area contributed by atoms with Gasteiger partial charge in [0.1, 0.15) is 5.76 Å². The van der Waals surface area contributed by atoms with Crippen molar-refractivity contribution >= 4 is 5.76 Å². The molecule has 0 N–H and O–H groups in total. The van der Waals surface area contributed by atoms with Crippen molar-refractivity contribution < 1.29 is 4.74 Å². The summed E-state index contributed by atoms with van der Waals surface area (Å²) in [5, 5.41) is 0. The third kappa shape index (κ3) is 2.46. The van der Waals surface area contributed by atoms with Gasteiger partial charge in [0, 0.05) is 5.56 Å². The fourth-order valence-electron chi connectivity index (χ4n) is 2.39. The third-order valence-corrected chi connectivity index (χ3v) is 3.44. The van der Waals surface area contributed by atoms with E-state index in [0.717, 1.165) is 11.7 Å². The lowest BCUT2D eigenvalue weighted by Gasteiger charge is -2.23. The number of benzene rings is 1. The van der Waals surface area contributed by atoms with E-state index >= 15 is 0 Å². The molecule has 0 saturated heterocycles. The molecule has 0 aromatic heterocycles. The highest BCUT2D eigenvalue weighted by atomic mass is 16.5. The number of allylic oxidation sites excluding steroid dienone is 1. The highest BCUT2D eigenvalue weighted by Crippen LogP contribution is 2.33. The molecule has 1 aromatic rings. The normalized spacial score (nSPS) is 20.6. The Morgan fingerprint density at radius 2 is 1.75 bits per heavy atom. The molecule has 1 saturated carbocycles. The lowest BCUT2D eigenvalue weighted by atomic mass is 9.85. The molecule has 0 spiro atoms. The first-order valence-corrected chi connectivity index (χ1v) is 6.12. The van der Waals surface area contributed by atoms with Gasteiger partial charge in [0.15, 0.2) is 0 Å². The van der Waals surface area contributed by atoms with E-state index in [0.29, 0.717) is 0 Å². The summed E-state index contributed by atoms with van der Waals surface area (Å²) in [6.07, 6.45) is 4.99. The molecule has 0 unspecified atom stereocenters. The van der Waals surface area contributed by atoms with Gasteiger partial charge in [-0.1, -0.05) is 37.3 Å². The molecular formula is C15H20O. The van der Waals surface area contributed by atoms with E-state index in [2.05, 4.69) is 31.2 Å². The van der Waals surface area contributed by atoms with Gasteiger partial charge in [-0.25, -0.2) is 0 Å². The molecule has 1 aromatic carbocycles. The summed E-state index contributed by atoms with van der Waals surface area (Å²) in [5.41, 5.74) is 2.71. The van der Waals surface area contributed by atoms with E-state index in [4.69, 9.17) is 4.74 Å². The minimum atomic E-state index is 0.873. The van der Waals surface area contributed by atoms with Crippen LogP contribution in [-0.4, -0.2) is 7.11 Å². The van der Waals surface area contributed by atoms with Gasteiger partial charge in [-0.3, -0.25) is 0 Å². The summed E-state index contributed by atoms with van der Waals surface area (Å²) in [7, 11) is 1.79. The lowest BCUT2D eigenvalue weighted by molar-refractivity contribution is 0.354. The second kappa shape index (κ2) is 5.20. The lowest BCUT2D eigenvalue weighted by Crippen LogP contribution is -2.06. The Kier molecular flexibility index (Phi) is 3.66. The van der Waals surface area contributed by atoms with Crippen LogP contribution >= 0.6 is 0 Å². The van der Waals surface area contributed by atoms with Crippen LogP contribution in [0.3, 0.4) is 0 Å². The van der Waals surface area contributed by atoms with Gasteiger partial charge in [0.05, 0.1) is 7.11 Å². The van der Waals surface area contributed by atoms with Gasteiger partial charge >= 0.3 is 0 Å². The maximum Gasteiger partial charge on any atom is 0.125 e. The first kappa shape index (κ1) is 11.3. The van der Waals surface area contributed by atoms with E-state index in [-0.39, 0.29) is 0 Å². The standard InChI is InChI=1S/C15H20O/c1-12-8-10-14(11-9-12)15(16-2)13-6-4-3-5-7-13/h3-7,12H,8-11H2,1-2H3. The first-order chi connectivity index (χ1) is 7.81. The van der Waals surface area contributed by atoms with Gasteiger partial charge < -0.3 is 4.74 Å². The summed E-state index contributed by atoms with van der Waals surface area (Å²) in [5.74, 6) is 1.98. The zero-order valence-corrected chi connectivity index (χ0v) is 10.2. The Morgan fingerprint density at radius 3 is 2.31 bits per heavy atom. The molecule has 0 radical (unpaired) electrons.